The summed E-state index contributed by atoms with van der Waals surface area (Å²) < 4.78 is 8.70. The van der Waals surface area contributed by atoms with Gasteiger partial charge >= 0.3 is 0 Å². The zero-order valence-corrected chi connectivity index (χ0v) is 3.81. The van der Waals surface area contributed by atoms with Gasteiger partial charge in [-0.1, -0.05) is 0 Å². The Hall–Kier alpha value is -0.0800. The molecule has 6 heavy (non-hydrogen) atoms. The van der Waals surface area contributed by atoms with E-state index in [9.17, 15) is 0 Å². The largest absolute Gasteiger partial charge is 0.356 e. The lowest BCUT2D eigenvalue weighted by Gasteiger charge is -1.92. The van der Waals surface area contributed by atoms with Crippen LogP contribution in [-0.4, -0.2) is 13.4 Å². The first kappa shape index (κ1) is 5.92. The highest BCUT2D eigenvalue weighted by atomic mass is 16.7. The topological polar surface area (TPSA) is 18.5 Å². The lowest BCUT2D eigenvalue weighted by Crippen LogP contribution is -1.91. The molecule has 0 fully saturated rings. The average Bonchev–Trinajstić information content (AvgIpc) is 1.61. The van der Waals surface area contributed by atoms with Crippen molar-refractivity contribution in [1.82, 2.24) is 0 Å². The van der Waals surface area contributed by atoms with Crippen LogP contribution in [0, 0.1) is 7.11 Å². The molecule has 2 radical (unpaired) electrons. The summed E-state index contributed by atoms with van der Waals surface area (Å²) in [7, 11) is 4.59. The molecule has 0 aromatic carbocycles. The third-order valence-electron chi connectivity index (χ3n) is 0.355. The number of rotatable bonds is 3. The fourth-order valence-corrected chi connectivity index (χ4v) is 0.131. The lowest BCUT2D eigenvalue weighted by atomic mass is 10.9. The molecule has 0 heterocycles. The Kier molecular flexibility index (Phi) is 4.85. The molecule has 0 rings (SSSR count). The minimum Gasteiger partial charge on any atom is -0.356 e. The van der Waals surface area contributed by atoms with Crippen molar-refractivity contribution >= 4 is 0 Å². The van der Waals surface area contributed by atoms with E-state index in [0.717, 1.165) is 0 Å². The predicted octanol–water partition coefficient (Wildman–Crippen LogP) is 0.666. The molecule has 0 N–H and O–H groups in total. The molecule has 0 spiro atoms. The van der Waals surface area contributed by atoms with Crippen molar-refractivity contribution in [3.05, 3.63) is 7.11 Å². The third-order valence-corrected chi connectivity index (χ3v) is 0.355. The summed E-state index contributed by atoms with van der Waals surface area (Å²) in [6.07, 6.45) is 0. The standard InChI is InChI=1S/C4H8O2/c1-3-6-4-5-2/h2H,3-4H2,1H3. The maximum Gasteiger partial charge on any atom is 0.147 e. The average molecular weight is 88.1 g/mol. The molecule has 0 aliphatic heterocycles. The molecule has 0 aliphatic carbocycles. The van der Waals surface area contributed by atoms with E-state index < -0.39 is 0 Å². The maximum atomic E-state index is 4.64. The van der Waals surface area contributed by atoms with E-state index in [1.807, 2.05) is 6.92 Å². The number of ether oxygens (including phenoxy) is 2. The first-order valence-electron chi connectivity index (χ1n) is 1.81. The Morgan fingerprint density at radius 1 is 1.67 bits per heavy atom. The number of hydrogen-bond donors (Lipinski definition) is 0. The second-order valence-electron chi connectivity index (χ2n) is 0.777. The summed E-state index contributed by atoms with van der Waals surface area (Å²) >= 11 is 0. The molecule has 0 amide bonds. The fraction of sp³-hybridized carbons (Fsp3) is 0.750. The van der Waals surface area contributed by atoms with Crippen molar-refractivity contribution < 1.29 is 9.47 Å². The Morgan fingerprint density at radius 2 is 2.33 bits per heavy atom. The van der Waals surface area contributed by atoms with E-state index in [-0.39, 0.29) is 6.79 Å². The van der Waals surface area contributed by atoms with Crippen LogP contribution in [0.4, 0.5) is 0 Å². The SMILES string of the molecule is [CH]OCOCC. The van der Waals surface area contributed by atoms with E-state index in [4.69, 9.17) is 0 Å². The van der Waals surface area contributed by atoms with Gasteiger partial charge in [-0.3, -0.25) is 0 Å². The van der Waals surface area contributed by atoms with Crippen LogP contribution in [-0.2, 0) is 9.47 Å². The van der Waals surface area contributed by atoms with Crippen molar-refractivity contribution in [2.45, 2.75) is 6.92 Å². The molecule has 0 unspecified atom stereocenters. The van der Waals surface area contributed by atoms with Gasteiger partial charge in [0.2, 0.25) is 0 Å². The van der Waals surface area contributed by atoms with Crippen molar-refractivity contribution in [3.63, 3.8) is 0 Å². The van der Waals surface area contributed by atoms with Gasteiger partial charge in [-0.15, -0.1) is 0 Å². The summed E-state index contributed by atoms with van der Waals surface area (Å²) in [5, 5.41) is 0. The van der Waals surface area contributed by atoms with Gasteiger partial charge in [0.25, 0.3) is 0 Å². The minimum atomic E-state index is 0.191. The third kappa shape index (κ3) is 3.92. The van der Waals surface area contributed by atoms with Crippen LogP contribution < -0.4 is 0 Å². The van der Waals surface area contributed by atoms with Crippen molar-refractivity contribution in [1.29, 1.82) is 0 Å². The zero-order chi connectivity index (χ0) is 4.83. The van der Waals surface area contributed by atoms with Crippen LogP contribution >= 0.6 is 0 Å². The van der Waals surface area contributed by atoms with E-state index in [1.165, 1.54) is 0 Å². The molecular weight excluding hydrogens is 80.0 g/mol. The summed E-state index contributed by atoms with van der Waals surface area (Å²) in [6.45, 7) is 2.72. The van der Waals surface area contributed by atoms with Gasteiger partial charge in [-0.25, -0.2) is 0 Å². The normalized spacial score (nSPS) is 9.00. The van der Waals surface area contributed by atoms with Crippen molar-refractivity contribution in [2.24, 2.45) is 0 Å². The van der Waals surface area contributed by atoms with Crippen LogP contribution in [0.15, 0.2) is 0 Å². The lowest BCUT2D eigenvalue weighted by molar-refractivity contribution is -0.00819. The molecule has 0 aromatic rings. The highest BCUT2D eigenvalue weighted by molar-refractivity contribution is 4.05. The van der Waals surface area contributed by atoms with Gasteiger partial charge < -0.3 is 9.47 Å². The van der Waals surface area contributed by atoms with Crippen molar-refractivity contribution in [2.75, 3.05) is 13.4 Å². The number of hydrogen-bond acceptors (Lipinski definition) is 2. The summed E-state index contributed by atoms with van der Waals surface area (Å²) in [4.78, 5) is 0. The Labute approximate surface area is 38.1 Å². The first-order chi connectivity index (χ1) is 2.91. The summed E-state index contributed by atoms with van der Waals surface area (Å²) in [6, 6.07) is 0. The first-order valence-corrected chi connectivity index (χ1v) is 1.81. The van der Waals surface area contributed by atoms with Gasteiger partial charge in [0.1, 0.15) is 13.9 Å². The quantitative estimate of drug-likeness (QED) is 0.373. The second kappa shape index (κ2) is 4.92. The van der Waals surface area contributed by atoms with Gasteiger partial charge in [0.15, 0.2) is 0 Å². The molecular formula is C4H8O2. The minimum absolute atomic E-state index is 0.191. The molecule has 2 nitrogen and oxygen atoms in total. The monoisotopic (exact) mass is 88.1 g/mol. The molecule has 0 atom stereocenters. The van der Waals surface area contributed by atoms with E-state index in [0.29, 0.717) is 6.61 Å². The zero-order valence-electron chi connectivity index (χ0n) is 3.81. The van der Waals surface area contributed by atoms with Gasteiger partial charge in [0, 0.05) is 6.61 Å². The van der Waals surface area contributed by atoms with E-state index >= 15 is 0 Å². The van der Waals surface area contributed by atoms with Gasteiger partial charge in [-0.2, -0.15) is 0 Å². The summed E-state index contributed by atoms with van der Waals surface area (Å²) in [5.74, 6) is 0. The van der Waals surface area contributed by atoms with Crippen LogP contribution in [0.5, 0.6) is 0 Å². The molecule has 0 saturated carbocycles. The molecule has 0 bridgehead atoms. The Balaban J connectivity index is 2.34. The molecule has 2 heteroatoms. The van der Waals surface area contributed by atoms with Crippen LogP contribution in [0.2, 0.25) is 0 Å². The van der Waals surface area contributed by atoms with Crippen LogP contribution in [0.25, 0.3) is 0 Å². The highest BCUT2D eigenvalue weighted by Crippen LogP contribution is 1.70. The summed E-state index contributed by atoms with van der Waals surface area (Å²) in [5.41, 5.74) is 0. The van der Waals surface area contributed by atoms with Gasteiger partial charge in [-0.05, 0) is 6.92 Å². The highest BCUT2D eigenvalue weighted by Gasteiger charge is 1.71. The van der Waals surface area contributed by atoms with E-state index in [2.05, 4.69) is 16.6 Å². The molecule has 36 valence electrons. The van der Waals surface area contributed by atoms with Crippen LogP contribution in [0.3, 0.4) is 0 Å². The van der Waals surface area contributed by atoms with Crippen LogP contribution in [0.1, 0.15) is 6.92 Å². The maximum absolute atomic E-state index is 4.64. The van der Waals surface area contributed by atoms with Gasteiger partial charge in [0.05, 0.1) is 0 Å². The Morgan fingerprint density at radius 3 is 2.50 bits per heavy atom. The smallest absolute Gasteiger partial charge is 0.147 e. The second-order valence-corrected chi connectivity index (χ2v) is 0.777. The Bertz CT molecular complexity index is 17.5. The van der Waals surface area contributed by atoms with Crippen molar-refractivity contribution in [3.8, 4) is 0 Å². The van der Waals surface area contributed by atoms with E-state index in [1.54, 1.807) is 0 Å². The molecule has 0 saturated heterocycles. The fourth-order valence-electron chi connectivity index (χ4n) is 0.131. The molecule has 0 aliphatic rings. The predicted molar refractivity (Wildman–Crippen MR) is 21.9 cm³/mol. The molecule has 0 aromatic heterocycles.